The van der Waals surface area contributed by atoms with Crippen molar-refractivity contribution in [2.45, 2.75) is 20.8 Å². The van der Waals surface area contributed by atoms with E-state index in [-0.39, 0.29) is 11.8 Å². The van der Waals surface area contributed by atoms with Crippen LogP contribution in [0.1, 0.15) is 37.0 Å². The Kier molecular flexibility index (Phi) is 6.36. The summed E-state index contributed by atoms with van der Waals surface area (Å²) >= 11 is 0. The number of aromatic nitrogens is 1. The zero-order valence-electron chi connectivity index (χ0n) is 14.2. The fraction of sp³-hybridized carbons (Fsp3) is 0.353. The molecule has 2 rings (SSSR count). The van der Waals surface area contributed by atoms with Gasteiger partial charge in [-0.3, -0.25) is 4.79 Å². The van der Waals surface area contributed by atoms with Crippen LogP contribution in [-0.2, 0) is 0 Å². The lowest BCUT2D eigenvalue weighted by Gasteiger charge is -2.20. The highest BCUT2D eigenvalue weighted by atomic mass is 16.6. The van der Waals surface area contributed by atoms with E-state index in [2.05, 4.69) is 34.3 Å². The van der Waals surface area contributed by atoms with Gasteiger partial charge in [0, 0.05) is 18.8 Å². The molecule has 0 radical (unpaired) electrons. The van der Waals surface area contributed by atoms with Crippen LogP contribution in [0.5, 0.6) is 5.95 Å². The van der Waals surface area contributed by atoms with E-state index < -0.39 is 5.91 Å². The number of hydrogen-bond acceptors (Lipinski definition) is 6. The Labute approximate surface area is 141 Å². The lowest BCUT2D eigenvalue weighted by Crippen LogP contribution is -2.21. The van der Waals surface area contributed by atoms with E-state index in [0.717, 1.165) is 24.3 Å². The molecule has 1 heterocycles. The summed E-state index contributed by atoms with van der Waals surface area (Å²) in [6.07, 6.45) is 2.92. The van der Waals surface area contributed by atoms with Gasteiger partial charge in [-0.2, -0.15) is 5.10 Å². The van der Waals surface area contributed by atoms with Gasteiger partial charge in [-0.1, -0.05) is 12.1 Å². The third-order valence-corrected chi connectivity index (χ3v) is 3.37. The van der Waals surface area contributed by atoms with Gasteiger partial charge in [0.1, 0.15) is 6.20 Å². The van der Waals surface area contributed by atoms with Crippen molar-refractivity contribution in [1.82, 2.24) is 10.4 Å². The van der Waals surface area contributed by atoms with Crippen molar-refractivity contribution in [2.24, 2.45) is 5.10 Å². The predicted molar refractivity (Wildman–Crippen MR) is 92.7 cm³/mol. The van der Waals surface area contributed by atoms with Crippen LogP contribution in [0.4, 0.5) is 5.69 Å². The van der Waals surface area contributed by atoms with Gasteiger partial charge >= 0.3 is 11.9 Å². The zero-order valence-corrected chi connectivity index (χ0v) is 14.2. The second kappa shape index (κ2) is 8.71. The molecule has 7 heteroatoms. The van der Waals surface area contributed by atoms with Crippen molar-refractivity contribution in [1.29, 1.82) is 0 Å². The normalized spacial score (nSPS) is 10.8. The minimum atomic E-state index is -0.531. The molecule has 0 unspecified atom stereocenters. The Morgan fingerprint density at radius 2 is 2.00 bits per heavy atom. The number of nitrogens with zero attached hydrogens (tertiary/aromatic N) is 3. The van der Waals surface area contributed by atoms with Crippen LogP contribution in [0.25, 0.3) is 0 Å². The van der Waals surface area contributed by atoms with Gasteiger partial charge in [0.15, 0.2) is 0 Å². The molecular formula is C17H22N4O3. The number of hydrogen-bond donors (Lipinski definition) is 1. The first-order chi connectivity index (χ1) is 11.7. The average molecular weight is 330 g/mol. The number of carbonyl (C=O) groups excluding carboxylic acids is 1. The molecule has 0 aliphatic carbocycles. The third-order valence-electron chi connectivity index (χ3n) is 3.37. The van der Waals surface area contributed by atoms with Gasteiger partial charge in [0.05, 0.1) is 12.8 Å². The highest BCUT2D eigenvalue weighted by Crippen LogP contribution is 2.14. The van der Waals surface area contributed by atoms with Gasteiger partial charge in [-0.05, 0) is 38.5 Å². The highest BCUT2D eigenvalue weighted by molar-refractivity contribution is 5.90. The van der Waals surface area contributed by atoms with Crippen LogP contribution in [0.15, 0.2) is 40.0 Å². The molecule has 1 N–H and O–H groups in total. The standard InChI is InChI=1S/C17H22N4O3/c1-4-21(5-2)14-9-7-13(8-10-14)11-19-20-16(22)17-18-12-15(24-17)23-6-3/h7-12H,4-6H2,1-3H3,(H,20,22)/b19-11-. The lowest BCUT2D eigenvalue weighted by molar-refractivity contribution is 0.0912. The van der Waals surface area contributed by atoms with Gasteiger partial charge < -0.3 is 14.1 Å². The molecule has 0 saturated heterocycles. The summed E-state index contributed by atoms with van der Waals surface area (Å²) in [6.45, 7) is 8.41. The van der Waals surface area contributed by atoms with Gasteiger partial charge in [-0.25, -0.2) is 10.4 Å². The molecule has 0 spiro atoms. The molecule has 0 bridgehead atoms. The second-order valence-corrected chi connectivity index (χ2v) is 4.88. The quantitative estimate of drug-likeness (QED) is 0.594. The van der Waals surface area contributed by atoms with E-state index in [1.54, 1.807) is 6.21 Å². The summed E-state index contributed by atoms with van der Waals surface area (Å²) < 4.78 is 10.2. The first kappa shape index (κ1) is 17.5. The fourth-order valence-electron chi connectivity index (χ4n) is 2.15. The lowest BCUT2D eigenvalue weighted by atomic mass is 10.2. The molecule has 128 valence electrons. The second-order valence-electron chi connectivity index (χ2n) is 4.88. The molecule has 1 amide bonds. The molecule has 0 saturated carbocycles. The van der Waals surface area contributed by atoms with E-state index >= 15 is 0 Å². The molecule has 7 nitrogen and oxygen atoms in total. The highest BCUT2D eigenvalue weighted by Gasteiger charge is 2.12. The topological polar surface area (TPSA) is 80.0 Å². The van der Waals surface area contributed by atoms with Gasteiger partial charge in [-0.15, -0.1) is 0 Å². The van der Waals surface area contributed by atoms with Crippen molar-refractivity contribution in [2.75, 3.05) is 24.6 Å². The summed E-state index contributed by atoms with van der Waals surface area (Å²) in [5.41, 5.74) is 4.41. The molecule has 0 aliphatic heterocycles. The Morgan fingerprint density at radius 1 is 1.29 bits per heavy atom. The molecule has 24 heavy (non-hydrogen) atoms. The molecule has 2 aromatic rings. The molecule has 0 aliphatic rings. The van der Waals surface area contributed by atoms with E-state index in [9.17, 15) is 4.79 Å². The number of ether oxygens (including phenoxy) is 1. The van der Waals surface area contributed by atoms with E-state index in [1.165, 1.54) is 6.20 Å². The molecule has 0 atom stereocenters. The SMILES string of the molecule is CCOc1cnc(C(=O)N/N=C\c2ccc(N(CC)CC)cc2)o1. The number of nitrogens with one attached hydrogen (secondary N) is 1. The minimum Gasteiger partial charge on any atom is -0.464 e. The molecule has 1 aromatic heterocycles. The van der Waals surface area contributed by atoms with Gasteiger partial charge in [0.2, 0.25) is 0 Å². The number of amides is 1. The van der Waals surface area contributed by atoms with Crippen molar-refractivity contribution in [3.05, 3.63) is 41.9 Å². The van der Waals surface area contributed by atoms with E-state index in [1.807, 2.05) is 31.2 Å². The maximum atomic E-state index is 11.8. The Balaban J connectivity index is 1.92. The predicted octanol–water partition coefficient (Wildman–Crippen LogP) is 2.68. The monoisotopic (exact) mass is 330 g/mol. The molecule has 0 fully saturated rings. The summed E-state index contributed by atoms with van der Waals surface area (Å²) in [6, 6.07) is 7.94. The average Bonchev–Trinajstić information content (AvgIpc) is 3.06. The Hall–Kier alpha value is -2.83. The Morgan fingerprint density at radius 3 is 2.62 bits per heavy atom. The smallest absolute Gasteiger partial charge is 0.327 e. The first-order valence-electron chi connectivity index (χ1n) is 7.94. The summed E-state index contributed by atoms with van der Waals surface area (Å²) in [5, 5.41) is 3.91. The largest absolute Gasteiger partial charge is 0.464 e. The van der Waals surface area contributed by atoms with Crippen molar-refractivity contribution in [3.63, 3.8) is 0 Å². The number of anilines is 1. The number of oxazole rings is 1. The van der Waals surface area contributed by atoms with Crippen LogP contribution in [0.2, 0.25) is 0 Å². The molecular weight excluding hydrogens is 308 g/mol. The minimum absolute atomic E-state index is 0.0903. The van der Waals surface area contributed by atoms with Crippen LogP contribution in [0.3, 0.4) is 0 Å². The Bertz CT molecular complexity index is 675. The maximum absolute atomic E-state index is 11.8. The maximum Gasteiger partial charge on any atom is 0.327 e. The van der Waals surface area contributed by atoms with Gasteiger partial charge in [0.25, 0.3) is 5.89 Å². The van der Waals surface area contributed by atoms with Crippen molar-refractivity contribution < 1.29 is 13.9 Å². The third kappa shape index (κ3) is 4.58. The van der Waals surface area contributed by atoms with Crippen LogP contribution in [0, 0.1) is 0 Å². The number of hydrazone groups is 1. The van der Waals surface area contributed by atoms with Crippen molar-refractivity contribution >= 4 is 17.8 Å². The number of rotatable bonds is 8. The summed E-state index contributed by atoms with van der Waals surface area (Å²) in [5.74, 6) is -0.414. The molecule has 1 aromatic carbocycles. The number of carbonyl (C=O) groups is 1. The fourth-order valence-corrected chi connectivity index (χ4v) is 2.15. The van der Waals surface area contributed by atoms with E-state index in [0.29, 0.717) is 6.61 Å². The summed E-state index contributed by atoms with van der Waals surface area (Å²) in [7, 11) is 0. The summed E-state index contributed by atoms with van der Waals surface area (Å²) in [4.78, 5) is 17.9. The van der Waals surface area contributed by atoms with Crippen LogP contribution in [-0.4, -0.2) is 36.8 Å². The van der Waals surface area contributed by atoms with Crippen LogP contribution < -0.4 is 15.1 Å². The zero-order chi connectivity index (χ0) is 17.4. The van der Waals surface area contributed by atoms with Crippen molar-refractivity contribution in [3.8, 4) is 5.95 Å². The van der Waals surface area contributed by atoms with E-state index in [4.69, 9.17) is 9.15 Å². The first-order valence-corrected chi connectivity index (χ1v) is 7.94. The number of benzene rings is 1. The van der Waals surface area contributed by atoms with Crippen LogP contribution >= 0.6 is 0 Å².